The van der Waals surface area contributed by atoms with Gasteiger partial charge >= 0.3 is 0 Å². The number of ether oxygens (including phenoxy) is 1. The van der Waals surface area contributed by atoms with Gasteiger partial charge in [0, 0.05) is 27.0 Å². The van der Waals surface area contributed by atoms with Gasteiger partial charge in [0.1, 0.15) is 5.75 Å². The number of hydrogen-bond donors (Lipinski definition) is 2. The molecule has 0 aliphatic heterocycles. The fraction of sp³-hybridized carbons (Fsp3) is 0.0714. The number of carbonyl (C=O) groups is 1. The molecule has 0 saturated carbocycles. The summed E-state index contributed by atoms with van der Waals surface area (Å²) in [5, 5.41) is 0. The van der Waals surface area contributed by atoms with Crippen molar-refractivity contribution >= 4 is 33.1 Å². The SMILES string of the molecule is COc1ccc(C(=O)c2cc(N)cc(N)c2)c(Br)c1. The molecular formula is C14H13BrN2O2. The Hall–Kier alpha value is -2.01. The normalized spacial score (nSPS) is 10.2. The molecular weight excluding hydrogens is 308 g/mol. The second kappa shape index (κ2) is 5.32. The average Bonchev–Trinajstić information content (AvgIpc) is 2.36. The van der Waals surface area contributed by atoms with Gasteiger partial charge in [0.25, 0.3) is 0 Å². The molecule has 0 aromatic heterocycles. The number of methoxy groups -OCH3 is 1. The first-order valence-corrected chi connectivity index (χ1v) is 6.35. The van der Waals surface area contributed by atoms with Gasteiger partial charge in [-0.3, -0.25) is 4.79 Å². The van der Waals surface area contributed by atoms with E-state index in [1.807, 2.05) is 0 Å². The van der Waals surface area contributed by atoms with Crippen molar-refractivity contribution in [3.05, 3.63) is 52.0 Å². The van der Waals surface area contributed by atoms with Crippen molar-refractivity contribution in [2.45, 2.75) is 0 Å². The molecule has 2 rings (SSSR count). The van der Waals surface area contributed by atoms with Crippen molar-refractivity contribution in [3.8, 4) is 5.75 Å². The minimum atomic E-state index is -0.145. The summed E-state index contributed by atoms with van der Waals surface area (Å²) < 4.78 is 5.76. The number of nitrogens with two attached hydrogens (primary N) is 2. The van der Waals surface area contributed by atoms with Crippen LogP contribution in [0.4, 0.5) is 11.4 Å². The number of rotatable bonds is 3. The first-order valence-electron chi connectivity index (χ1n) is 5.55. The van der Waals surface area contributed by atoms with Crippen LogP contribution in [0.3, 0.4) is 0 Å². The summed E-state index contributed by atoms with van der Waals surface area (Å²) in [6.07, 6.45) is 0. The predicted octanol–water partition coefficient (Wildman–Crippen LogP) is 2.85. The molecule has 0 amide bonds. The summed E-state index contributed by atoms with van der Waals surface area (Å²) in [4.78, 5) is 12.4. The van der Waals surface area contributed by atoms with Gasteiger partial charge in [0.2, 0.25) is 0 Å². The van der Waals surface area contributed by atoms with Crippen LogP contribution in [0.15, 0.2) is 40.9 Å². The Morgan fingerprint density at radius 2 is 1.74 bits per heavy atom. The topological polar surface area (TPSA) is 78.3 Å². The van der Waals surface area contributed by atoms with Crippen LogP contribution in [-0.4, -0.2) is 12.9 Å². The largest absolute Gasteiger partial charge is 0.497 e. The van der Waals surface area contributed by atoms with E-state index in [9.17, 15) is 4.79 Å². The van der Waals surface area contributed by atoms with Crippen molar-refractivity contribution in [2.24, 2.45) is 0 Å². The Kier molecular flexibility index (Phi) is 3.76. The van der Waals surface area contributed by atoms with Gasteiger partial charge in [-0.2, -0.15) is 0 Å². The quantitative estimate of drug-likeness (QED) is 0.673. The molecule has 4 N–H and O–H groups in total. The molecule has 2 aromatic carbocycles. The molecule has 0 saturated heterocycles. The Balaban J connectivity index is 2.44. The second-order valence-corrected chi connectivity index (χ2v) is 4.92. The molecule has 0 unspecified atom stereocenters. The molecule has 0 fully saturated rings. The van der Waals surface area contributed by atoms with Crippen LogP contribution >= 0.6 is 15.9 Å². The van der Waals surface area contributed by atoms with E-state index in [4.69, 9.17) is 16.2 Å². The molecule has 5 heteroatoms. The third kappa shape index (κ3) is 2.88. The van der Waals surface area contributed by atoms with E-state index < -0.39 is 0 Å². The smallest absolute Gasteiger partial charge is 0.194 e. The van der Waals surface area contributed by atoms with Gasteiger partial charge in [0.15, 0.2) is 5.78 Å². The highest BCUT2D eigenvalue weighted by Crippen LogP contribution is 2.26. The zero-order valence-electron chi connectivity index (χ0n) is 10.3. The Bertz CT molecular complexity index is 621. The van der Waals surface area contributed by atoms with Crippen molar-refractivity contribution in [1.82, 2.24) is 0 Å². The molecule has 0 atom stereocenters. The maximum atomic E-state index is 12.4. The average molecular weight is 321 g/mol. The van der Waals surface area contributed by atoms with Gasteiger partial charge in [-0.1, -0.05) is 0 Å². The van der Waals surface area contributed by atoms with Crippen molar-refractivity contribution in [3.63, 3.8) is 0 Å². The highest BCUT2D eigenvalue weighted by molar-refractivity contribution is 9.10. The summed E-state index contributed by atoms with van der Waals surface area (Å²) in [5.74, 6) is 0.532. The zero-order chi connectivity index (χ0) is 14.0. The third-order valence-electron chi connectivity index (χ3n) is 2.66. The third-order valence-corrected chi connectivity index (χ3v) is 3.32. The van der Waals surface area contributed by atoms with Gasteiger partial charge in [0.05, 0.1) is 7.11 Å². The van der Waals surface area contributed by atoms with Gasteiger partial charge in [-0.15, -0.1) is 0 Å². The summed E-state index contributed by atoms with van der Waals surface area (Å²) in [5.41, 5.74) is 13.3. The number of carbonyl (C=O) groups excluding carboxylic acids is 1. The number of ketones is 1. The van der Waals surface area contributed by atoms with Crippen LogP contribution in [0.1, 0.15) is 15.9 Å². The molecule has 0 bridgehead atoms. The minimum absolute atomic E-state index is 0.145. The molecule has 0 radical (unpaired) electrons. The maximum Gasteiger partial charge on any atom is 0.194 e. The van der Waals surface area contributed by atoms with E-state index in [2.05, 4.69) is 15.9 Å². The van der Waals surface area contributed by atoms with E-state index in [0.717, 1.165) is 0 Å². The fourth-order valence-corrected chi connectivity index (χ4v) is 2.31. The molecule has 0 heterocycles. The molecule has 98 valence electrons. The van der Waals surface area contributed by atoms with E-state index in [1.165, 1.54) is 0 Å². The van der Waals surface area contributed by atoms with Crippen molar-refractivity contribution < 1.29 is 9.53 Å². The van der Waals surface area contributed by atoms with Gasteiger partial charge < -0.3 is 16.2 Å². The first kappa shape index (κ1) is 13.4. The Morgan fingerprint density at radius 1 is 1.11 bits per heavy atom. The molecule has 4 nitrogen and oxygen atoms in total. The number of nitrogen functional groups attached to an aromatic ring is 2. The van der Waals surface area contributed by atoms with Crippen LogP contribution in [0.25, 0.3) is 0 Å². The molecule has 0 aliphatic rings. The number of anilines is 2. The number of hydrogen-bond acceptors (Lipinski definition) is 4. The predicted molar refractivity (Wildman–Crippen MR) is 79.4 cm³/mol. The van der Waals surface area contributed by atoms with Crippen LogP contribution < -0.4 is 16.2 Å². The number of halogens is 1. The summed E-state index contributed by atoms with van der Waals surface area (Å²) in [6.45, 7) is 0. The van der Waals surface area contributed by atoms with E-state index in [0.29, 0.717) is 32.7 Å². The molecule has 0 aliphatic carbocycles. The lowest BCUT2D eigenvalue weighted by molar-refractivity contribution is 0.103. The lowest BCUT2D eigenvalue weighted by Gasteiger charge is -2.07. The summed E-state index contributed by atoms with van der Waals surface area (Å²) in [6, 6.07) is 9.99. The van der Waals surface area contributed by atoms with E-state index in [1.54, 1.807) is 43.5 Å². The van der Waals surface area contributed by atoms with Crippen LogP contribution in [0, 0.1) is 0 Å². The molecule has 19 heavy (non-hydrogen) atoms. The van der Waals surface area contributed by atoms with E-state index >= 15 is 0 Å². The second-order valence-electron chi connectivity index (χ2n) is 4.06. The highest BCUT2D eigenvalue weighted by Gasteiger charge is 2.14. The Morgan fingerprint density at radius 3 is 2.26 bits per heavy atom. The van der Waals surface area contributed by atoms with Gasteiger partial charge in [-0.05, 0) is 52.3 Å². The van der Waals surface area contributed by atoms with E-state index in [-0.39, 0.29) is 5.78 Å². The van der Waals surface area contributed by atoms with Gasteiger partial charge in [-0.25, -0.2) is 0 Å². The zero-order valence-corrected chi connectivity index (χ0v) is 11.9. The van der Waals surface area contributed by atoms with Crippen molar-refractivity contribution in [2.75, 3.05) is 18.6 Å². The summed E-state index contributed by atoms with van der Waals surface area (Å²) >= 11 is 3.36. The Labute approximate surface area is 119 Å². The lowest BCUT2D eigenvalue weighted by Crippen LogP contribution is -2.04. The molecule has 0 spiro atoms. The van der Waals surface area contributed by atoms with Crippen LogP contribution in [0.5, 0.6) is 5.75 Å². The lowest BCUT2D eigenvalue weighted by atomic mass is 10.0. The van der Waals surface area contributed by atoms with Crippen LogP contribution in [0.2, 0.25) is 0 Å². The van der Waals surface area contributed by atoms with Crippen molar-refractivity contribution in [1.29, 1.82) is 0 Å². The standard InChI is InChI=1S/C14H13BrN2O2/c1-19-11-2-3-12(13(15)7-11)14(18)8-4-9(16)6-10(17)5-8/h2-7H,16-17H2,1H3. The van der Waals surface area contributed by atoms with Crippen LogP contribution in [-0.2, 0) is 0 Å². The first-order chi connectivity index (χ1) is 9.01. The monoisotopic (exact) mass is 320 g/mol. The highest BCUT2D eigenvalue weighted by atomic mass is 79.9. The number of benzene rings is 2. The summed E-state index contributed by atoms with van der Waals surface area (Å²) in [7, 11) is 1.57. The fourth-order valence-electron chi connectivity index (χ4n) is 1.77. The molecule has 2 aromatic rings. The minimum Gasteiger partial charge on any atom is -0.497 e. The maximum absolute atomic E-state index is 12.4.